The summed E-state index contributed by atoms with van der Waals surface area (Å²) in [5.74, 6) is 3.83. The quantitative estimate of drug-likeness (QED) is 0.246. The number of ether oxygens (including phenoxy) is 3. The Morgan fingerprint density at radius 1 is 1.14 bits per heavy atom. The predicted octanol–water partition coefficient (Wildman–Crippen LogP) is 6.59. The van der Waals surface area contributed by atoms with Crippen molar-refractivity contribution in [2.24, 2.45) is 5.41 Å². The number of aromatic nitrogens is 4. The molecule has 43 heavy (non-hydrogen) atoms. The van der Waals surface area contributed by atoms with E-state index in [1.54, 1.807) is 17.3 Å². The van der Waals surface area contributed by atoms with Crippen molar-refractivity contribution in [3.63, 3.8) is 0 Å². The zero-order chi connectivity index (χ0) is 30.4. The molecular formula is C33H43N5O4Si. The molecule has 0 N–H and O–H groups in total. The van der Waals surface area contributed by atoms with Gasteiger partial charge in [0.05, 0.1) is 24.5 Å². The first-order valence-electron chi connectivity index (χ1n) is 15.5. The Morgan fingerprint density at radius 3 is 2.65 bits per heavy atom. The van der Waals surface area contributed by atoms with Crippen LogP contribution in [-0.4, -0.2) is 70.2 Å². The summed E-state index contributed by atoms with van der Waals surface area (Å²) in [4.78, 5) is 24.1. The van der Waals surface area contributed by atoms with Crippen molar-refractivity contribution < 1.29 is 19.0 Å². The molecule has 0 bridgehead atoms. The number of amides is 1. The van der Waals surface area contributed by atoms with E-state index in [1.807, 2.05) is 25.5 Å². The highest BCUT2D eigenvalue weighted by molar-refractivity contribution is 6.83. The van der Waals surface area contributed by atoms with Gasteiger partial charge in [-0.15, -0.1) is 5.54 Å². The molecule has 4 heterocycles. The molecule has 9 nitrogen and oxygen atoms in total. The first kappa shape index (κ1) is 29.6. The lowest BCUT2D eigenvalue weighted by Gasteiger charge is -2.39. The van der Waals surface area contributed by atoms with Crippen LogP contribution >= 0.6 is 0 Å². The van der Waals surface area contributed by atoms with Gasteiger partial charge in [0.2, 0.25) is 5.88 Å². The van der Waals surface area contributed by atoms with E-state index in [4.69, 9.17) is 24.3 Å². The maximum Gasteiger partial charge on any atom is 0.410 e. The monoisotopic (exact) mass is 601 g/mol. The van der Waals surface area contributed by atoms with Crippen LogP contribution in [0.2, 0.25) is 19.6 Å². The fraction of sp³-hybridized carbons (Fsp3) is 0.576. The molecule has 10 heteroatoms. The van der Waals surface area contributed by atoms with Crippen LogP contribution < -0.4 is 4.74 Å². The van der Waals surface area contributed by atoms with Crippen LogP contribution in [0.1, 0.15) is 71.1 Å². The summed E-state index contributed by atoms with van der Waals surface area (Å²) in [5, 5.41) is 6.02. The smallest absolute Gasteiger partial charge is 0.410 e. The van der Waals surface area contributed by atoms with E-state index in [2.05, 4.69) is 54.3 Å². The van der Waals surface area contributed by atoms with Gasteiger partial charge in [-0.25, -0.2) is 14.5 Å². The number of likely N-dealkylation sites (tertiary alicyclic amines) is 1. The number of nitrogens with zero attached hydrogens (tertiary/aromatic N) is 5. The molecule has 2 unspecified atom stereocenters. The SMILES string of the molecule is CC(C)(C)OC(=O)N1CCC2(CC2)C(Oc2cncc(-c3nn(C4CCCCO4)c4ccc(C#C[Si](C)(C)C)cc34)n2)C1. The molecule has 2 aromatic heterocycles. The zero-order valence-corrected chi connectivity index (χ0v) is 27.3. The number of fused-ring (bicyclic) bond motifs is 1. The lowest BCUT2D eigenvalue weighted by molar-refractivity contribution is -0.0365. The van der Waals surface area contributed by atoms with Crippen molar-refractivity contribution in [3.05, 3.63) is 36.2 Å². The van der Waals surface area contributed by atoms with E-state index >= 15 is 0 Å². The van der Waals surface area contributed by atoms with Crippen molar-refractivity contribution in [1.82, 2.24) is 24.6 Å². The van der Waals surface area contributed by atoms with Crippen LogP contribution in [0.15, 0.2) is 30.6 Å². The summed E-state index contributed by atoms with van der Waals surface area (Å²) in [6, 6.07) is 6.27. The Bertz CT molecular complexity index is 1570. The maximum atomic E-state index is 12.9. The Morgan fingerprint density at radius 2 is 1.95 bits per heavy atom. The largest absolute Gasteiger partial charge is 0.471 e. The fourth-order valence-electron chi connectivity index (χ4n) is 5.86. The molecule has 3 aliphatic rings. The lowest BCUT2D eigenvalue weighted by Crippen LogP contribution is -2.51. The first-order valence-corrected chi connectivity index (χ1v) is 19.0. The third kappa shape index (κ3) is 6.73. The molecule has 3 fully saturated rings. The number of piperidine rings is 1. The standard InChI is InChI=1S/C33H43N5O4Si/c1-32(2,3)42-31(39)37-16-15-33(13-14-33)27(22-37)41-28-21-34-20-25(35-28)30-24-19-23(12-18-43(4,5)6)10-11-26(24)38(36-30)29-9-7-8-17-40-29/h10-11,19-21,27,29H,7-9,13-17,22H2,1-6H3. The van der Waals surface area contributed by atoms with Crippen LogP contribution in [0, 0.1) is 16.9 Å². The molecule has 2 saturated heterocycles. The van der Waals surface area contributed by atoms with Gasteiger partial charge in [-0.3, -0.25) is 4.98 Å². The van der Waals surface area contributed by atoms with Crippen molar-refractivity contribution in [3.8, 4) is 28.7 Å². The number of benzene rings is 1. The van der Waals surface area contributed by atoms with E-state index in [9.17, 15) is 4.79 Å². The topological polar surface area (TPSA) is 91.6 Å². The number of carbonyl (C=O) groups excluding carboxylic acids is 1. The summed E-state index contributed by atoms with van der Waals surface area (Å²) < 4.78 is 20.3. The lowest BCUT2D eigenvalue weighted by atomic mass is 9.90. The van der Waals surface area contributed by atoms with Crippen LogP contribution in [0.5, 0.6) is 5.88 Å². The second-order valence-electron chi connectivity index (χ2n) is 14.2. The van der Waals surface area contributed by atoms with Gasteiger partial charge in [0.15, 0.2) is 6.23 Å². The summed E-state index contributed by atoms with van der Waals surface area (Å²) in [6.07, 6.45) is 8.95. The van der Waals surface area contributed by atoms with Gasteiger partial charge >= 0.3 is 6.09 Å². The van der Waals surface area contributed by atoms with E-state index in [1.165, 1.54) is 0 Å². The average molecular weight is 602 g/mol. The van der Waals surface area contributed by atoms with Crippen LogP contribution in [0.4, 0.5) is 4.79 Å². The van der Waals surface area contributed by atoms with Crippen LogP contribution in [0.3, 0.4) is 0 Å². The highest BCUT2D eigenvalue weighted by Crippen LogP contribution is 2.54. The molecule has 1 saturated carbocycles. The second-order valence-corrected chi connectivity index (χ2v) is 19.0. The normalized spacial score (nSPS) is 21.8. The maximum absolute atomic E-state index is 12.9. The number of hydrogen-bond acceptors (Lipinski definition) is 7. The number of rotatable bonds is 4. The van der Waals surface area contributed by atoms with Crippen molar-refractivity contribution in [1.29, 1.82) is 0 Å². The predicted molar refractivity (Wildman–Crippen MR) is 168 cm³/mol. The van der Waals surface area contributed by atoms with E-state index in [0.717, 1.165) is 67.3 Å². The molecule has 1 amide bonds. The van der Waals surface area contributed by atoms with Crippen LogP contribution in [0.25, 0.3) is 22.3 Å². The Labute approximate surface area is 255 Å². The van der Waals surface area contributed by atoms with E-state index in [0.29, 0.717) is 24.7 Å². The molecule has 228 valence electrons. The fourth-order valence-corrected chi connectivity index (χ4v) is 6.38. The second kappa shape index (κ2) is 11.3. The minimum absolute atomic E-state index is 0.0761. The Hall–Kier alpha value is -3.42. The van der Waals surface area contributed by atoms with E-state index < -0.39 is 13.7 Å². The Balaban J connectivity index is 1.32. The molecule has 3 aromatic rings. The van der Waals surface area contributed by atoms with Gasteiger partial charge in [0.1, 0.15) is 31.2 Å². The third-order valence-corrected chi connectivity index (χ3v) is 9.20. The molecular weight excluding hydrogens is 558 g/mol. The minimum Gasteiger partial charge on any atom is -0.471 e. The number of carbonyl (C=O) groups is 1. The molecule has 2 atom stereocenters. The minimum atomic E-state index is -1.54. The average Bonchev–Trinajstić information content (AvgIpc) is 3.63. The zero-order valence-electron chi connectivity index (χ0n) is 26.3. The summed E-state index contributed by atoms with van der Waals surface area (Å²) in [7, 11) is -1.54. The van der Waals surface area contributed by atoms with Gasteiger partial charge in [-0.1, -0.05) is 25.6 Å². The van der Waals surface area contributed by atoms with Crippen molar-refractivity contribution in [2.45, 2.75) is 96.9 Å². The third-order valence-electron chi connectivity index (χ3n) is 8.33. The molecule has 1 aromatic carbocycles. The van der Waals surface area contributed by atoms with Crippen molar-refractivity contribution >= 4 is 25.1 Å². The summed E-state index contributed by atoms with van der Waals surface area (Å²) in [5.41, 5.74) is 6.33. The highest BCUT2D eigenvalue weighted by Gasteiger charge is 2.54. The molecule has 1 spiro atoms. The number of hydrogen-bond donors (Lipinski definition) is 0. The summed E-state index contributed by atoms with van der Waals surface area (Å²) >= 11 is 0. The molecule has 1 aliphatic carbocycles. The van der Waals surface area contributed by atoms with Gasteiger partial charge in [0.25, 0.3) is 0 Å². The highest BCUT2D eigenvalue weighted by atomic mass is 28.3. The van der Waals surface area contributed by atoms with Gasteiger partial charge in [-0.05, 0) is 77.5 Å². The van der Waals surface area contributed by atoms with Gasteiger partial charge in [0, 0.05) is 29.5 Å². The van der Waals surface area contributed by atoms with Gasteiger partial charge in [-0.2, -0.15) is 5.10 Å². The summed E-state index contributed by atoms with van der Waals surface area (Å²) in [6.45, 7) is 14.3. The van der Waals surface area contributed by atoms with Crippen molar-refractivity contribution in [2.75, 3.05) is 19.7 Å². The first-order chi connectivity index (χ1) is 20.4. The molecule has 0 radical (unpaired) electrons. The van der Waals surface area contributed by atoms with E-state index in [-0.39, 0.29) is 23.8 Å². The molecule has 6 rings (SSSR count). The molecule has 2 aliphatic heterocycles. The Kier molecular flexibility index (Phi) is 7.76. The van der Waals surface area contributed by atoms with Crippen LogP contribution in [-0.2, 0) is 9.47 Å². The van der Waals surface area contributed by atoms with Gasteiger partial charge < -0.3 is 19.1 Å².